The van der Waals surface area contributed by atoms with Crippen LogP contribution >= 0.6 is 0 Å². The summed E-state index contributed by atoms with van der Waals surface area (Å²) >= 11 is 0. The van der Waals surface area contributed by atoms with Crippen LogP contribution in [0.1, 0.15) is 0 Å². The summed E-state index contributed by atoms with van der Waals surface area (Å²) < 4.78 is 0. The van der Waals surface area contributed by atoms with E-state index < -0.39 is 0 Å². The Balaban J connectivity index is 1.98. The second kappa shape index (κ2) is 4.46. The molecule has 0 atom stereocenters. The summed E-state index contributed by atoms with van der Waals surface area (Å²) in [5.41, 5.74) is 1.13. The van der Waals surface area contributed by atoms with Gasteiger partial charge in [0.2, 0.25) is 0 Å². The summed E-state index contributed by atoms with van der Waals surface area (Å²) in [7, 11) is 2.14. The summed E-state index contributed by atoms with van der Waals surface area (Å²) in [4.78, 5) is 19.2. The van der Waals surface area contributed by atoms with Crippen LogP contribution in [0.25, 0.3) is 10.8 Å². The van der Waals surface area contributed by atoms with Crippen LogP contribution in [0.4, 0.5) is 5.69 Å². The zero-order valence-corrected chi connectivity index (χ0v) is 10.5. The van der Waals surface area contributed by atoms with Gasteiger partial charge in [0, 0.05) is 43.4 Å². The minimum absolute atomic E-state index is 0.0107. The Morgan fingerprint density at radius 3 is 2.67 bits per heavy atom. The van der Waals surface area contributed by atoms with Gasteiger partial charge in [-0.05, 0) is 30.6 Å². The number of nitrogens with zero attached hydrogens (tertiary/aromatic N) is 2. The first-order valence-electron chi connectivity index (χ1n) is 6.29. The summed E-state index contributed by atoms with van der Waals surface area (Å²) in [5, 5.41) is 1.77. The zero-order chi connectivity index (χ0) is 12.5. The van der Waals surface area contributed by atoms with Crippen molar-refractivity contribution in [1.82, 2.24) is 9.88 Å². The molecule has 2 heterocycles. The fraction of sp³-hybridized carbons (Fsp3) is 0.357. The van der Waals surface area contributed by atoms with Crippen LogP contribution in [-0.2, 0) is 0 Å². The highest BCUT2D eigenvalue weighted by Gasteiger charge is 2.14. The van der Waals surface area contributed by atoms with Crippen LogP contribution < -0.4 is 10.5 Å². The molecule has 94 valence electrons. The number of pyridine rings is 1. The van der Waals surface area contributed by atoms with Gasteiger partial charge in [0.25, 0.3) is 5.56 Å². The number of aromatic nitrogens is 1. The molecular weight excluding hydrogens is 226 g/mol. The van der Waals surface area contributed by atoms with E-state index in [1.807, 2.05) is 18.2 Å². The van der Waals surface area contributed by atoms with Crippen LogP contribution in [0.2, 0.25) is 0 Å². The van der Waals surface area contributed by atoms with E-state index in [4.69, 9.17) is 0 Å². The minimum Gasteiger partial charge on any atom is -0.369 e. The average molecular weight is 243 g/mol. The van der Waals surface area contributed by atoms with E-state index >= 15 is 0 Å². The fourth-order valence-corrected chi connectivity index (χ4v) is 2.43. The highest BCUT2D eigenvalue weighted by molar-refractivity contribution is 5.84. The number of anilines is 1. The van der Waals surface area contributed by atoms with Gasteiger partial charge >= 0.3 is 0 Å². The molecule has 0 aliphatic carbocycles. The Morgan fingerprint density at radius 2 is 1.89 bits per heavy atom. The van der Waals surface area contributed by atoms with Gasteiger partial charge in [-0.15, -0.1) is 0 Å². The number of hydrogen-bond acceptors (Lipinski definition) is 3. The molecule has 0 amide bonds. The lowest BCUT2D eigenvalue weighted by Gasteiger charge is -2.34. The molecule has 3 rings (SSSR count). The fourth-order valence-electron chi connectivity index (χ4n) is 2.43. The lowest BCUT2D eigenvalue weighted by Crippen LogP contribution is -2.44. The molecule has 1 aliphatic rings. The SMILES string of the molecule is CN1CCN(c2ccc3cc[nH]c(=O)c3c2)CC1. The smallest absolute Gasteiger partial charge is 0.255 e. The Labute approximate surface area is 106 Å². The first kappa shape index (κ1) is 11.3. The normalized spacial score (nSPS) is 17.3. The molecule has 1 N–H and O–H groups in total. The summed E-state index contributed by atoms with van der Waals surface area (Å²) in [6.07, 6.45) is 1.69. The van der Waals surface area contributed by atoms with Gasteiger partial charge in [-0.25, -0.2) is 0 Å². The van der Waals surface area contributed by atoms with Crippen molar-refractivity contribution < 1.29 is 0 Å². The maximum Gasteiger partial charge on any atom is 0.255 e. The van der Waals surface area contributed by atoms with Crippen molar-refractivity contribution >= 4 is 16.5 Å². The Bertz CT molecular complexity index is 612. The van der Waals surface area contributed by atoms with E-state index in [-0.39, 0.29) is 5.56 Å². The number of H-pyrrole nitrogens is 1. The number of nitrogens with one attached hydrogen (secondary N) is 1. The van der Waals surface area contributed by atoms with Crippen molar-refractivity contribution in [2.24, 2.45) is 0 Å². The monoisotopic (exact) mass is 243 g/mol. The third-order valence-corrected chi connectivity index (χ3v) is 3.63. The highest BCUT2D eigenvalue weighted by atomic mass is 16.1. The number of fused-ring (bicyclic) bond motifs is 1. The Morgan fingerprint density at radius 1 is 1.11 bits per heavy atom. The van der Waals surface area contributed by atoms with E-state index in [0.29, 0.717) is 0 Å². The summed E-state index contributed by atoms with van der Waals surface area (Å²) in [6, 6.07) is 8.06. The standard InChI is InChI=1S/C14H17N3O/c1-16-6-8-17(9-7-16)12-3-2-11-4-5-15-14(18)13(11)10-12/h2-5,10H,6-9H2,1H3,(H,15,18). The zero-order valence-electron chi connectivity index (χ0n) is 10.5. The number of benzene rings is 1. The van der Waals surface area contributed by atoms with Gasteiger partial charge in [0.05, 0.1) is 0 Å². The van der Waals surface area contributed by atoms with Crippen LogP contribution in [0.3, 0.4) is 0 Å². The molecule has 4 heteroatoms. The van der Waals surface area contributed by atoms with E-state index in [1.165, 1.54) is 0 Å². The molecule has 0 spiro atoms. The van der Waals surface area contributed by atoms with Crippen molar-refractivity contribution in [2.45, 2.75) is 0 Å². The maximum atomic E-state index is 11.8. The predicted octanol–water partition coefficient (Wildman–Crippen LogP) is 1.28. The number of likely N-dealkylation sites (N-methyl/N-ethyl adjacent to an activating group) is 1. The van der Waals surface area contributed by atoms with Gasteiger partial charge in [0.15, 0.2) is 0 Å². The van der Waals surface area contributed by atoms with Gasteiger partial charge < -0.3 is 14.8 Å². The van der Waals surface area contributed by atoms with Gasteiger partial charge in [0.1, 0.15) is 0 Å². The van der Waals surface area contributed by atoms with Crippen LogP contribution in [-0.4, -0.2) is 43.1 Å². The maximum absolute atomic E-state index is 11.8. The largest absolute Gasteiger partial charge is 0.369 e. The van der Waals surface area contributed by atoms with Crippen molar-refractivity contribution in [3.05, 3.63) is 40.8 Å². The molecule has 1 aromatic carbocycles. The third kappa shape index (κ3) is 1.99. The molecule has 18 heavy (non-hydrogen) atoms. The molecule has 1 aromatic heterocycles. The number of aromatic amines is 1. The van der Waals surface area contributed by atoms with Crippen LogP contribution in [0.5, 0.6) is 0 Å². The van der Waals surface area contributed by atoms with Gasteiger partial charge in [-0.2, -0.15) is 0 Å². The third-order valence-electron chi connectivity index (χ3n) is 3.63. The first-order chi connectivity index (χ1) is 8.74. The lowest BCUT2D eigenvalue weighted by atomic mass is 10.1. The van der Waals surface area contributed by atoms with E-state index in [0.717, 1.165) is 42.6 Å². The quantitative estimate of drug-likeness (QED) is 0.820. The van der Waals surface area contributed by atoms with Gasteiger partial charge in [-0.1, -0.05) is 6.07 Å². The molecular formula is C14H17N3O. The van der Waals surface area contributed by atoms with Gasteiger partial charge in [-0.3, -0.25) is 4.79 Å². The van der Waals surface area contributed by atoms with E-state index in [1.54, 1.807) is 6.20 Å². The second-order valence-electron chi connectivity index (χ2n) is 4.87. The molecule has 1 fully saturated rings. The van der Waals surface area contributed by atoms with Crippen molar-refractivity contribution in [3.63, 3.8) is 0 Å². The summed E-state index contributed by atoms with van der Waals surface area (Å²) in [5.74, 6) is 0. The van der Waals surface area contributed by atoms with Crippen molar-refractivity contribution in [3.8, 4) is 0 Å². The first-order valence-corrected chi connectivity index (χ1v) is 6.29. The topological polar surface area (TPSA) is 39.3 Å². The molecule has 4 nitrogen and oxygen atoms in total. The Kier molecular flexibility index (Phi) is 2.80. The number of piperazine rings is 1. The number of hydrogen-bond donors (Lipinski definition) is 1. The molecule has 0 radical (unpaired) electrons. The van der Waals surface area contributed by atoms with Crippen LogP contribution in [0.15, 0.2) is 35.3 Å². The van der Waals surface area contributed by atoms with Crippen molar-refractivity contribution in [1.29, 1.82) is 0 Å². The average Bonchev–Trinajstić information content (AvgIpc) is 2.40. The lowest BCUT2D eigenvalue weighted by molar-refractivity contribution is 0.313. The Hall–Kier alpha value is -1.81. The molecule has 2 aromatic rings. The second-order valence-corrected chi connectivity index (χ2v) is 4.87. The summed E-state index contributed by atoms with van der Waals surface area (Å²) in [6.45, 7) is 4.19. The highest BCUT2D eigenvalue weighted by Crippen LogP contribution is 2.20. The van der Waals surface area contributed by atoms with Crippen LogP contribution in [0, 0.1) is 0 Å². The number of rotatable bonds is 1. The van der Waals surface area contributed by atoms with E-state index in [9.17, 15) is 4.79 Å². The molecule has 1 saturated heterocycles. The van der Waals surface area contributed by atoms with E-state index in [2.05, 4.69) is 27.9 Å². The molecule has 0 bridgehead atoms. The minimum atomic E-state index is -0.0107. The molecule has 0 unspecified atom stereocenters. The predicted molar refractivity (Wildman–Crippen MR) is 74.3 cm³/mol. The molecule has 0 saturated carbocycles. The van der Waals surface area contributed by atoms with Crippen molar-refractivity contribution in [2.75, 3.05) is 38.1 Å². The molecule has 1 aliphatic heterocycles.